The molecule has 1 amide bonds. The molecule has 9 nitrogen and oxygen atoms in total. The summed E-state index contributed by atoms with van der Waals surface area (Å²) in [5.74, 6) is -0.632. The first-order chi connectivity index (χ1) is 16.6. The van der Waals surface area contributed by atoms with Crippen molar-refractivity contribution in [2.24, 2.45) is 5.92 Å². The summed E-state index contributed by atoms with van der Waals surface area (Å²) in [6.45, 7) is 2.16. The number of rotatable bonds is 2. The Bertz CT molecular complexity index is 1410. The summed E-state index contributed by atoms with van der Waals surface area (Å²) >= 11 is 0. The van der Waals surface area contributed by atoms with Crippen molar-refractivity contribution in [3.63, 3.8) is 0 Å². The van der Waals surface area contributed by atoms with Gasteiger partial charge >= 0.3 is 0 Å². The Balaban J connectivity index is 1.42. The molecule has 2 atom stereocenters. The number of hydrogen-bond acceptors (Lipinski definition) is 7. The summed E-state index contributed by atoms with van der Waals surface area (Å²) in [7, 11) is 0. The highest BCUT2D eigenvalue weighted by atomic mass is 16.6. The van der Waals surface area contributed by atoms with Gasteiger partial charge in [-0.3, -0.25) is 14.6 Å². The monoisotopic (exact) mass is 455 g/mol. The number of carbonyl (C=O) groups excluding carboxylic acids is 1. The maximum Gasteiger partial charge on any atom is 0.258 e. The molecule has 34 heavy (non-hydrogen) atoms. The molecule has 0 radical (unpaired) electrons. The van der Waals surface area contributed by atoms with Gasteiger partial charge in [0.2, 0.25) is 11.9 Å². The Morgan fingerprint density at radius 2 is 1.85 bits per heavy atom. The van der Waals surface area contributed by atoms with Crippen molar-refractivity contribution in [2.45, 2.75) is 18.9 Å². The molecule has 6 rings (SSSR count). The van der Waals surface area contributed by atoms with Crippen LogP contribution in [0, 0.1) is 17.2 Å². The first-order valence-corrected chi connectivity index (χ1v) is 11.2. The number of amides is 1. The fourth-order valence-electron chi connectivity index (χ4n) is 4.94. The largest absolute Gasteiger partial charge is 0.486 e. The molecule has 1 aromatic heterocycles. The van der Waals surface area contributed by atoms with E-state index in [1.165, 1.54) is 11.1 Å². The van der Waals surface area contributed by atoms with Gasteiger partial charge in [-0.15, -0.1) is 0 Å². The summed E-state index contributed by atoms with van der Waals surface area (Å²) in [5.41, 5.74) is 2.97. The highest BCUT2D eigenvalue weighted by molar-refractivity contribution is 5.98. The van der Waals surface area contributed by atoms with Crippen LogP contribution < -0.4 is 25.2 Å². The molecule has 2 aromatic carbocycles. The SMILES string of the molecule is N#CC1C(=O)Nc2nc(N3CCc4ccccc4C3)[nH]c(=O)c2C1c1ccc2c(c1)OCCO2. The highest BCUT2D eigenvalue weighted by Crippen LogP contribution is 2.41. The molecule has 3 aliphatic rings. The van der Waals surface area contributed by atoms with Gasteiger partial charge in [0.1, 0.15) is 24.9 Å². The normalized spacial score (nSPS) is 20.6. The third-order valence-electron chi connectivity index (χ3n) is 6.61. The number of benzene rings is 2. The van der Waals surface area contributed by atoms with Crippen LogP contribution >= 0.6 is 0 Å². The molecule has 0 spiro atoms. The number of aromatic nitrogens is 2. The Morgan fingerprint density at radius 1 is 1.06 bits per heavy atom. The number of H-pyrrole nitrogens is 1. The molecule has 3 aromatic rings. The standard InChI is InChI=1S/C25H21N5O4/c26-12-17-20(15-5-6-18-19(11-15)34-10-9-33-18)21-22(27-23(17)31)28-25(29-24(21)32)30-8-7-14-3-1-2-4-16(14)13-30/h1-6,11,17,20H,7-10,13H2,(H2,27,28,29,31,32). The summed E-state index contributed by atoms with van der Waals surface area (Å²) in [6, 6.07) is 15.5. The Hall–Kier alpha value is -4.32. The molecule has 0 aliphatic carbocycles. The molecule has 4 heterocycles. The number of nitrogens with one attached hydrogen (secondary N) is 2. The predicted molar refractivity (Wildman–Crippen MR) is 123 cm³/mol. The van der Waals surface area contributed by atoms with Crippen molar-refractivity contribution >= 4 is 17.7 Å². The molecular weight excluding hydrogens is 434 g/mol. The minimum absolute atomic E-state index is 0.189. The molecule has 0 fully saturated rings. The Kier molecular flexibility index (Phi) is 4.73. The molecule has 0 saturated carbocycles. The van der Waals surface area contributed by atoms with Crippen LogP contribution in [0.25, 0.3) is 0 Å². The molecule has 0 bridgehead atoms. The second-order valence-electron chi connectivity index (χ2n) is 8.57. The summed E-state index contributed by atoms with van der Waals surface area (Å²) in [5, 5.41) is 12.5. The lowest BCUT2D eigenvalue weighted by atomic mass is 9.79. The van der Waals surface area contributed by atoms with Crippen LogP contribution in [-0.2, 0) is 17.8 Å². The first kappa shape index (κ1) is 20.3. The minimum atomic E-state index is -1.08. The van der Waals surface area contributed by atoms with Crippen LogP contribution in [0.2, 0.25) is 0 Å². The predicted octanol–water partition coefficient (Wildman–Crippen LogP) is 2.33. The third-order valence-corrected chi connectivity index (χ3v) is 6.61. The van der Waals surface area contributed by atoms with E-state index in [1.807, 2.05) is 17.0 Å². The van der Waals surface area contributed by atoms with Crippen LogP contribution in [0.3, 0.4) is 0 Å². The van der Waals surface area contributed by atoms with E-state index in [2.05, 4.69) is 33.5 Å². The van der Waals surface area contributed by atoms with E-state index in [-0.39, 0.29) is 16.9 Å². The van der Waals surface area contributed by atoms with E-state index >= 15 is 0 Å². The number of carbonyl (C=O) groups is 1. The van der Waals surface area contributed by atoms with E-state index in [0.29, 0.717) is 49.3 Å². The van der Waals surface area contributed by atoms with Crippen molar-refractivity contribution in [3.05, 3.63) is 75.1 Å². The van der Waals surface area contributed by atoms with Gasteiger partial charge in [0.15, 0.2) is 11.5 Å². The number of anilines is 2. The van der Waals surface area contributed by atoms with E-state index in [1.54, 1.807) is 18.2 Å². The van der Waals surface area contributed by atoms with Gasteiger partial charge in [0, 0.05) is 19.0 Å². The van der Waals surface area contributed by atoms with E-state index in [0.717, 1.165) is 6.42 Å². The lowest BCUT2D eigenvalue weighted by molar-refractivity contribution is -0.119. The van der Waals surface area contributed by atoms with Crippen molar-refractivity contribution in [1.29, 1.82) is 5.26 Å². The van der Waals surface area contributed by atoms with Gasteiger partial charge in [-0.1, -0.05) is 30.3 Å². The van der Waals surface area contributed by atoms with Crippen molar-refractivity contribution in [3.8, 4) is 17.6 Å². The smallest absolute Gasteiger partial charge is 0.258 e. The van der Waals surface area contributed by atoms with Crippen LogP contribution in [0.5, 0.6) is 11.5 Å². The highest BCUT2D eigenvalue weighted by Gasteiger charge is 2.41. The molecule has 3 aliphatic heterocycles. The number of hydrogen-bond donors (Lipinski definition) is 2. The average Bonchev–Trinajstić information content (AvgIpc) is 2.87. The van der Waals surface area contributed by atoms with Gasteiger partial charge in [0.05, 0.1) is 11.6 Å². The number of ether oxygens (including phenoxy) is 2. The first-order valence-electron chi connectivity index (χ1n) is 11.2. The average molecular weight is 455 g/mol. The third kappa shape index (κ3) is 3.27. The Labute approximate surface area is 195 Å². The van der Waals surface area contributed by atoms with Gasteiger partial charge < -0.3 is 19.7 Å². The lowest BCUT2D eigenvalue weighted by Gasteiger charge is -2.32. The van der Waals surface area contributed by atoms with Gasteiger partial charge in [-0.25, -0.2) is 0 Å². The molecule has 2 N–H and O–H groups in total. The maximum atomic E-state index is 13.4. The number of nitriles is 1. The molecule has 2 unspecified atom stereocenters. The summed E-state index contributed by atoms with van der Waals surface area (Å²) < 4.78 is 11.3. The summed E-state index contributed by atoms with van der Waals surface area (Å²) in [4.78, 5) is 35.8. The molecule has 170 valence electrons. The van der Waals surface area contributed by atoms with Crippen molar-refractivity contribution < 1.29 is 14.3 Å². The zero-order valence-corrected chi connectivity index (χ0v) is 18.2. The minimum Gasteiger partial charge on any atom is -0.486 e. The van der Waals surface area contributed by atoms with Crippen molar-refractivity contribution in [1.82, 2.24) is 9.97 Å². The number of fused-ring (bicyclic) bond motifs is 3. The van der Waals surface area contributed by atoms with E-state index in [9.17, 15) is 14.9 Å². The van der Waals surface area contributed by atoms with Gasteiger partial charge in [0.25, 0.3) is 5.56 Å². The second-order valence-corrected chi connectivity index (χ2v) is 8.57. The fourth-order valence-corrected chi connectivity index (χ4v) is 4.94. The van der Waals surface area contributed by atoms with E-state index < -0.39 is 17.7 Å². The van der Waals surface area contributed by atoms with E-state index in [4.69, 9.17) is 9.47 Å². The molecule has 9 heteroatoms. The van der Waals surface area contributed by atoms with Crippen LogP contribution in [-0.4, -0.2) is 35.6 Å². The molecule has 0 saturated heterocycles. The van der Waals surface area contributed by atoms with Crippen molar-refractivity contribution in [2.75, 3.05) is 30.0 Å². The number of aromatic amines is 1. The van der Waals surface area contributed by atoms with Crippen LogP contribution in [0.4, 0.5) is 11.8 Å². The van der Waals surface area contributed by atoms with Crippen LogP contribution in [0.15, 0.2) is 47.3 Å². The summed E-state index contributed by atoms with van der Waals surface area (Å²) in [6.07, 6.45) is 0.833. The number of nitrogens with zero attached hydrogens (tertiary/aromatic N) is 3. The quantitative estimate of drug-likeness (QED) is 0.608. The lowest BCUT2D eigenvalue weighted by Crippen LogP contribution is -2.40. The zero-order valence-electron chi connectivity index (χ0n) is 18.2. The maximum absolute atomic E-state index is 13.4. The van der Waals surface area contributed by atoms with Gasteiger partial charge in [-0.05, 0) is 35.2 Å². The Morgan fingerprint density at radius 3 is 2.68 bits per heavy atom. The van der Waals surface area contributed by atoms with Gasteiger partial charge in [-0.2, -0.15) is 10.2 Å². The zero-order chi connectivity index (χ0) is 23.2. The van der Waals surface area contributed by atoms with Crippen LogP contribution in [0.1, 0.15) is 28.2 Å². The fraction of sp³-hybridized carbons (Fsp3) is 0.280. The molecular formula is C25H21N5O4. The second kappa shape index (κ2) is 7.92. The topological polar surface area (TPSA) is 120 Å².